The van der Waals surface area contributed by atoms with Crippen molar-refractivity contribution in [1.82, 2.24) is 0 Å². The van der Waals surface area contributed by atoms with E-state index in [0.717, 1.165) is 66.3 Å². The van der Waals surface area contributed by atoms with E-state index in [1.807, 2.05) is 26.0 Å². The number of carbonyl (C=O) groups excluding carboxylic acids is 1. The fourth-order valence-corrected chi connectivity index (χ4v) is 4.98. The quantitative estimate of drug-likeness (QED) is 0.163. The Labute approximate surface area is 220 Å². The molecule has 4 nitrogen and oxygen atoms in total. The van der Waals surface area contributed by atoms with E-state index in [0.29, 0.717) is 31.3 Å². The van der Waals surface area contributed by atoms with Crippen LogP contribution in [-0.2, 0) is 0 Å². The van der Waals surface area contributed by atoms with E-state index >= 15 is 0 Å². The molecule has 0 aliphatic heterocycles. The van der Waals surface area contributed by atoms with Crippen molar-refractivity contribution in [2.75, 3.05) is 19.8 Å². The van der Waals surface area contributed by atoms with Crippen molar-refractivity contribution in [2.45, 2.75) is 80.1 Å². The van der Waals surface area contributed by atoms with Gasteiger partial charge in [0.2, 0.25) is 0 Å². The number of rotatable bonds is 15. The number of hydrogen-bond donors (Lipinski definition) is 0. The zero-order chi connectivity index (χ0) is 24.2. The summed E-state index contributed by atoms with van der Waals surface area (Å²) in [5, 5.41) is 0.842. The maximum atomic E-state index is 13.5. The van der Waals surface area contributed by atoms with Gasteiger partial charge in [0.15, 0.2) is 5.52 Å². The second-order valence-corrected chi connectivity index (χ2v) is 9.83. The summed E-state index contributed by atoms with van der Waals surface area (Å²) in [4.78, 5) is 13.5. The molecule has 0 bridgehead atoms. The molecule has 6 heteroatoms. The molecule has 184 valence electrons. The van der Waals surface area contributed by atoms with Gasteiger partial charge in [0.05, 0.1) is 25.1 Å². The maximum absolute atomic E-state index is 13.5. The minimum atomic E-state index is -0.0789. The van der Waals surface area contributed by atoms with Crippen molar-refractivity contribution in [2.24, 2.45) is 0 Å². The Morgan fingerprint density at radius 2 is 1.18 bits per heavy atom. The van der Waals surface area contributed by atoms with Crippen LogP contribution >= 0.6 is 8.58 Å². The standard InChI is InChI=1S/C28H41O4P.Li.H/c1-7-10-13-30-23-18-24(31-14-11-8-2)27(25(19-23)32-15-12-9-3)33-28(29)26-21(5)16-20(4)17-22(26)6;;/h16-19,33H,7-15H2,1-6H3;;. The Morgan fingerprint density at radius 3 is 1.62 bits per heavy atom. The normalized spacial score (nSPS) is 10.9. The fourth-order valence-electron chi connectivity index (χ4n) is 3.70. The van der Waals surface area contributed by atoms with Gasteiger partial charge in [-0.15, -0.1) is 0 Å². The molecule has 0 amide bonds. The summed E-state index contributed by atoms with van der Waals surface area (Å²) >= 11 is 0. The summed E-state index contributed by atoms with van der Waals surface area (Å²) in [6, 6.07) is 8.02. The second-order valence-electron chi connectivity index (χ2n) is 8.63. The molecule has 0 aromatic heterocycles. The van der Waals surface area contributed by atoms with Gasteiger partial charge in [0.25, 0.3) is 0 Å². The fraction of sp³-hybridized carbons (Fsp3) is 0.536. The molecule has 2 aromatic carbocycles. The molecule has 2 rings (SSSR count). The Bertz CT molecular complexity index is 859. The van der Waals surface area contributed by atoms with Gasteiger partial charge in [-0.1, -0.05) is 57.7 Å². The van der Waals surface area contributed by atoms with E-state index in [9.17, 15) is 4.79 Å². The average molecular weight is 481 g/mol. The minimum absolute atomic E-state index is 0. The van der Waals surface area contributed by atoms with Gasteiger partial charge in [0, 0.05) is 17.7 Å². The molecule has 0 aliphatic carbocycles. The van der Waals surface area contributed by atoms with Crippen LogP contribution in [0.1, 0.15) is 86.3 Å². The first-order chi connectivity index (χ1) is 15.9. The molecular formula is C28H42LiO4P. The van der Waals surface area contributed by atoms with Crippen LogP contribution in [0.25, 0.3) is 0 Å². The first-order valence-electron chi connectivity index (χ1n) is 12.4. The summed E-state index contributed by atoms with van der Waals surface area (Å²) in [6.07, 6.45) is 6.07. The molecule has 0 aliphatic rings. The zero-order valence-corrected chi connectivity index (χ0v) is 22.3. The van der Waals surface area contributed by atoms with Gasteiger partial charge in [-0.2, -0.15) is 0 Å². The van der Waals surface area contributed by atoms with E-state index in [-0.39, 0.29) is 33.0 Å². The molecule has 0 saturated heterocycles. The number of ether oxygens (including phenoxy) is 3. The molecule has 0 fully saturated rings. The Balaban J connectivity index is 0.00000578. The summed E-state index contributed by atoms with van der Waals surface area (Å²) in [7, 11) is -0.0789. The number of benzene rings is 2. The van der Waals surface area contributed by atoms with E-state index in [1.165, 1.54) is 5.56 Å². The van der Waals surface area contributed by atoms with Crippen molar-refractivity contribution in [3.8, 4) is 17.2 Å². The molecule has 1 unspecified atom stereocenters. The van der Waals surface area contributed by atoms with Crippen molar-refractivity contribution in [3.05, 3.63) is 46.5 Å². The summed E-state index contributed by atoms with van der Waals surface area (Å²) < 4.78 is 18.4. The van der Waals surface area contributed by atoms with Gasteiger partial charge in [0.1, 0.15) is 17.2 Å². The van der Waals surface area contributed by atoms with E-state index in [4.69, 9.17) is 14.2 Å². The van der Waals surface area contributed by atoms with Crippen LogP contribution in [0.2, 0.25) is 0 Å². The van der Waals surface area contributed by atoms with Crippen LogP contribution in [0.15, 0.2) is 24.3 Å². The third-order valence-corrected chi connectivity index (χ3v) is 6.68. The topological polar surface area (TPSA) is 44.8 Å². The molecule has 0 N–H and O–H groups in total. The third kappa shape index (κ3) is 9.30. The van der Waals surface area contributed by atoms with E-state index < -0.39 is 0 Å². The Morgan fingerprint density at radius 1 is 0.735 bits per heavy atom. The van der Waals surface area contributed by atoms with Crippen molar-refractivity contribution >= 4 is 38.3 Å². The van der Waals surface area contributed by atoms with Crippen LogP contribution in [0, 0.1) is 20.8 Å². The van der Waals surface area contributed by atoms with Gasteiger partial charge in [-0.05, 0) is 59.7 Å². The molecule has 1 atom stereocenters. The third-order valence-electron chi connectivity index (χ3n) is 5.46. The average Bonchev–Trinajstić information content (AvgIpc) is 2.75. The monoisotopic (exact) mass is 480 g/mol. The van der Waals surface area contributed by atoms with Crippen molar-refractivity contribution < 1.29 is 19.0 Å². The first-order valence-corrected chi connectivity index (χ1v) is 13.4. The predicted octanol–water partition coefficient (Wildman–Crippen LogP) is 6.64. The Kier molecular flexibility index (Phi) is 14.6. The van der Waals surface area contributed by atoms with Crippen LogP contribution in [0.3, 0.4) is 0 Å². The van der Waals surface area contributed by atoms with Crippen LogP contribution in [-0.4, -0.2) is 44.2 Å². The van der Waals surface area contributed by atoms with Crippen molar-refractivity contribution in [3.63, 3.8) is 0 Å². The molecule has 2 aromatic rings. The molecule has 0 saturated carbocycles. The molecule has 34 heavy (non-hydrogen) atoms. The summed E-state index contributed by atoms with van der Waals surface area (Å²) in [6.45, 7) is 14.4. The zero-order valence-electron chi connectivity index (χ0n) is 21.3. The summed E-state index contributed by atoms with van der Waals surface area (Å²) in [5.74, 6) is 2.15. The molecule has 0 heterocycles. The predicted molar refractivity (Wildman–Crippen MR) is 148 cm³/mol. The van der Waals surface area contributed by atoms with E-state index in [2.05, 4.69) is 39.8 Å². The van der Waals surface area contributed by atoms with Crippen LogP contribution in [0.5, 0.6) is 17.2 Å². The SMILES string of the molecule is CCCCOc1cc(OCCCC)c(PC(=O)c2c(C)cc(C)cc2C)c(OCCCC)c1.[LiH]. The molecular weight excluding hydrogens is 438 g/mol. The number of aryl methyl sites for hydroxylation is 3. The van der Waals surface area contributed by atoms with Crippen molar-refractivity contribution in [1.29, 1.82) is 0 Å². The second kappa shape index (κ2) is 16.3. The van der Waals surface area contributed by atoms with Gasteiger partial charge in [-0.25, -0.2) is 0 Å². The van der Waals surface area contributed by atoms with Gasteiger partial charge in [-0.3, -0.25) is 4.79 Å². The Hall–Kier alpha value is -1.46. The van der Waals surface area contributed by atoms with Gasteiger partial charge < -0.3 is 14.2 Å². The number of unbranched alkanes of at least 4 members (excludes halogenated alkanes) is 3. The van der Waals surface area contributed by atoms with Crippen LogP contribution < -0.4 is 19.5 Å². The summed E-state index contributed by atoms with van der Waals surface area (Å²) in [5.41, 5.74) is 4.13. The first kappa shape index (κ1) is 30.6. The van der Waals surface area contributed by atoms with Gasteiger partial charge >= 0.3 is 18.9 Å². The molecule has 0 radical (unpaired) electrons. The van der Waals surface area contributed by atoms with E-state index in [1.54, 1.807) is 0 Å². The van der Waals surface area contributed by atoms with Crippen LogP contribution in [0.4, 0.5) is 0 Å². The molecule has 0 spiro atoms. The number of hydrogen-bond acceptors (Lipinski definition) is 4. The number of carbonyl (C=O) groups is 1.